The van der Waals surface area contributed by atoms with Crippen LogP contribution in [0.4, 0.5) is 0 Å². The average Bonchev–Trinajstić information content (AvgIpc) is 2.19. The third-order valence-electron chi connectivity index (χ3n) is 1.84. The maximum Gasteiger partial charge on any atom is 0.543 e. The first kappa shape index (κ1) is 12.6. The smallest absolute Gasteiger partial charge is 0.460 e. The van der Waals surface area contributed by atoms with Crippen molar-refractivity contribution in [1.29, 1.82) is 0 Å². The van der Waals surface area contributed by atoms with Crippen LogP contribution in [0.1, 0.15) is 13.3 Å². The lowest BCUT2D eigenvalue weighted by molar-refractivity contribution is -0.133. The molecule has 5 nitrogen and oxygen atoms in total. The van der Waals surface area contributed by atoms with Gasteiger partial charge in [0, 0.05) is 21.3 Å². The lowest BCUT2D eigenvalue weighted by atomic mass is 10.5. The van der Waals surface area contributed by atoms with E-state index in [4.69, 9.17) is 18.0 Å². The van der Waals surface area contributed by atoms with Gasteiger partial charge in [0.15, 0.2) is 5.73 Å². The van der Waals surface area contributed by atoms with Gasteiger partial charge in [-0.15, -0.1) is 0 Å². The molecule has 13 heavy (non-hydrogen) atoms. The van der Waals surface area contributed by atoms with Crippen LogP contribution in [0.2, 0.25) is 0 Å². The zero-order valence-corrected chi connectivity index (χ0v) is 9.40. The summed E-state index contributed by atoms with van der Waals surface area (Å²) in [4.78, 5) is 10.2. The largest absolute Gasteiger partial charge is 0.543 e. The van der Waals surface area contributed by atoms with Crippen LogP contribution in [0.3, 0.4) is 0 Å². The Morgan fingerprint density at radius 3 is 1.92 bits per heavy atom. The van der Waals surface area contributed by atoms with Crippen molar-refractivity contribution in [2.45, 2.75) is 19.1 Å². The highest BCUT2D eigenvalue weighted by molar-refractivity contribution is 6.62. The molecule has 0 aliphatic rings. The van der Waals surface area contributed by atoms with Gasteiger partial charge in [0.1, 0.15) is 0 Å². The number of rotatable bonds is 7. The molecule has 0 N–H and O–H groups in total. The van der Waals surface area contributed by atoms with E-state index in [-0.39, 0.29) is 0 Å². The lowest BCUT2D eigenvalue weighted by Gasteiger charge is -2.29. The van der Waals surface area contributed by atoms with Crippen molar-refractivity contribution >= 4 is 15.3 Å². The Labute approximate surface area is 79.3 Å². The summed E-state index contributed by atoms with van der Waals surface area (Å²) in [5.74, 6) is 0. The first-order valence-corrected chi connectivity index (χ1v) is 5.75. The van der Waals surface area contributed by atoms with Crippen molar-refractivity contribution in [3.63, 3.8) is 0 Å². The van der Waals surface area contributed by atoms with Gasteiger partial charge >= 0.3 is 8.80 Å². The molecule has 0 aromatic heterocycles. The summed E-state index contributed by atoms with van der Waals surface area (Å²) in [6, 6.07) is 0. The molecule has 0 saturated heterocycles. The molecule has 6 heteroatoms. The van der Waals surface area contributed by atoms with Gasteiger partial charge in [-0.2, -0.15) is 0 Å². The Morgan fingerprint density at radius 1 is 1.23 bits per heavy atom. The number of hydrogen-bond donors (Lipinski definition) is 0. The van der Waals surface area contributed by atoms with E-state index in [0.29, 0.717) is 12.9 Å². The van der Waals surface area contributed by atoms with Gasteiger partial charge < -0.3 is 18.0 Å². The SMILES string of the molecule is CCC(OC=O)[Si](OC)(OC)OC. The summed E-state index contributed by atoms with van der Waals surface area (Å²) in [6.45, 7) is 2.25. The van der Waals surface area contributed by atoms with Crippen LogP contribution in [0.25, 0.3) is 0 Å². The average molecular weight is 208 g/mol. The summed E-state index contributed by atoms with van der Waals surface area (Å²) in [5, 5.41) is 0. The van der Waals surface area contributed by atoms with Gasteiger partial charge in [0.05, 0.1) is 0 Å². The van der Waals surface area contributed by atoms with E-state index in [9.17, 15) is 4.79 Å². The van der Waals surface area contributed by atoms with E-state index < -0.39 is 14.5 Å². The zero-order chi connectivity index (χ0) is 10.3. The van der Waals surface area contributed by atoms with Crippen LogP contribution in [-0.4, -0.2) is 42.3 Å². The molecule has 0 radical (unpaired) electrons. The Bertz CT molecular complexity index is 140. The number of carbonyl (C=O) groups excluding carboxylic acids is 1. The lowest BCUT2D eigenvalue weighted by Crippen LogP contribution is -2.55. The van der Waals surface area contributed by atoms with Crippen molar-refractivity contribution < 1.29 is 22.8 Å². The van der Waals surface area contributed by atoms with Crippen molar-refractivity contribution in [2.24, 2.45) is 0 Å². The minimum absolute atomic E-state index is 0.382. The number of ether oxygens (including phenoxy) is 1. The minimum atomic E-state index is -2.82. The summed E-state index contributed by atoms with van der Waals surface area (Å²) in [6.07, 6.45) is 0.598. The monoisotopic (exact) mass is 208 g/mol. The van der Waals surface area contributed by atoms with E-state index in [1.54, 1.807) is 0 Å². The Kier molecular flexibility index (Phi) is 5.88. The molecule has 0 heterocycles. The number of carbonyl (C=O) groups is 1. The molecular formula is C7H16O5Si. The molecule has 0 amide bonds. The van der Waals surface area contributed by atoms with Crippen molar-refractivity contribution in [3.8, 4) is 0 Å². The maximum absolute atomic E-state index is 10.2. The highest BCUT2D eigenvalue weighted by Gasteiger charge is 2.48. The third kappa shape index (κ3) is 2.77. The predicted molar refractivity (Wildman–Crippen MR) is 48.0 cm³/mol. The predicted octanol–water partition coefficient (Wildman–Crippen LogP) is 0.355. The molecule has 0 fully saturated rings. The van der Waals surface area contributed by atoms with E-state index in [1.807, 2.05) is 6.92 Å². The summed E-state index contributed by atoms with van der Waals surface area (Å²) < 4.78 is 20.3. The molecule has 78 valence electrons. The van der Waals surface area contributed by atoms with Crippen molar-refractivity contribution in [2.75, 3.05) is 21.3 Å². The highest BCUT2D eigenvalue weighted by Crippen LogP contribution is 2.16. The zero-order valence-electron chi connectivity index (χ0n) is 8.40. The molecule has 0 spiro atoms. The second kappa shape index (κ2) is 6.09. The molecule has 0 saturated carbocycles. The fraction of sp³-hybridized carbons (Fsp3) is 0.857. The minimum Gasteiger partial charge on any atom is -0.460 e. The van der Waals surface area contributed by atoms with E-state index in [0.717, 1.165) is 0 Å². The first-order valence-electron chi connectivity index (χ1n) is 3.95. The van der Waals surface area contributed by atoms with Crippen LogP contribution >= 0.6 is 0 Å². The molecule has 0 aromatic carbocycles. The molecule has 0 rings (SSSR count). The van der Waals surface area contributed by atoms with Crippen LogP contribution in [0.5, 0.6) is 0 Å². The molecule has 0 aliphatic carbocycles. The van der Waals surface area contributed by atoms with Gasteiger partial charge in [-0.3, -0.25) is 4.79 Å². The topological polar surface area (TPSA) is 54.0 Å². The second-order valence-electron chi connectivity index (χ2n) is 2.35. The van der Waals surface area contributed by atoms with Crippen LogP contribution in [0, 0.1) is 0 Å². The van der Waals surface area contributed by atoms with Crippen LogP contribution in [-0.2, 0) is 22.8 Å². The maximum atomic E-state index is 10.2. The van der Waals surface area contributed by atoms with Gasteiger partial charge in [-0.05, 0) is 6.42 Å². The fourth-order valence-electron chi connectivity index (χ4n) is 1.14. The normalized spacial score (nSPS) is 13.8. The Balaban J connectivity index is 4.54. The molecular weight excluding hydrogens is 192 g/mol. The van der Waals surface area contributed by atoms with Gasteiger partial charge in [-0.25, -0.2) is 0 Å². The van der Waals surface area contributed by atoms with E-state index >= 15 is 0 Å². The highest BCUT2D eigenvalue weighted by atomic mass is 28.4. The second-order valence-corrected chi connectivity index (χ2v) is 5.42. The van der Waals surface area contributed by atoms with E-state index in [1.165, 1.54) is 21.3 Å². The summed E-state index contributed by atoms with van der Waals surface area (Å²) in [5.41, 5.74) is -0.440. The third-order valence-corrected chi connectivity index (χ3v) is 4.88. The molecule has 0 aliphatic heterocycles. The van der Waals surface area contributed by atoms with Crippen molar-refractivity contribution in [3.05, 3.63) is 0 Å². The van der Waals surface area contributed by atoms with E-state index in [2.05, 4.69) is 0 Å². The van der Waals surface area contributed by atoms with Crippen LogP contribution < -0.4 is 0 Å². The quantitative estimate of drug-likeness (QED) is 0.446. The Morgan fingerprint density at radius 2 is 1.69 bits per heavy atom. The first-order chi connectivity index (χ1) is 6.20. The van der Waals surface area contributed by atoms with Gasteiger partial charge in [0.2, 0.25) is 0 Å². The van der Waals surface area contributed by atoms with Gasteiger partial charge in [0.25, 0.3) is 6.47 Å². The standard InChI is InChI=1S/C7H16O5Si/c1-5-7(12-6-8)13(9-2,10-3)11-4/h6-7H,5H2,1-4H3. The number of hydrogen-bond acceptors (Lipinski definition) is 5. The van der Waals surface area contributed by atoms with Crippen molar-refractivity contribution in [1.82, 2.24) is 0 Å². The molecule has 0 bridgehead atoms. The Hall–Kier alpha value is -0.433. The molecule has 1 unspecified atom stereocenters. The van der Waals surface area contributed by atoms with Crippen LogP contribution in [0.15, 0.2) is 0 Å². The molecule has 0 aromatic rings. The fourth-order valence-corrected chi connectivity index (χ4v) is 3.15. The molecule has 1 atom stereocenters. The summed E-state index contributed by atoms with van der Waals surface area (Å²) >= 11 is 0. The van der Waals surface area contributed by atoms with Gasteiger partial charge in [-0.1, -0.05) is 6.92 Å². The summed E-state index contributed by atoms with van der Waals surface area (Å²) in [7, 11) is 1.63.